The predicted octanol–water partition coefficient (Wildman–Crippen LogP) is 1.86. The Morgan fingerprint density at radius 3 is 2.50 bits per heavy atom. The topological polar surface area (TPSA) is 55.1 Å². The highest BCUT2D eigenvalue weighted by Gasteiger charge is 2.00. The van der Waals surface area contributed by atoms with E-state index in [1.807, 2.05) is 23.9 Å². The van der Waals surface area contributed by atoms with Crippen molar-refractivity contribution in [2.75, 3.05) is 5.75 Å². The molecule has 1 aromatic rings. The Balaban J connectivity index is 2.44. The molecule has 4 heteroatoms. The maximum absolute atomic E-state index is 11.0. The first-order chi connectivity index (χ1) is 7.76. The molecule has 0 heterocycles. The fraction of sp³-hybridized carbons (Fsp3) is 0.417. The molecule has 0 fully saturated rings. The van der Waals surface area contributed by atoms with Crippen LogP contribution in [0.5, 0.6) is 0 Å². The second kappa shape index (κ2) is 7.30. The van der Waals surface area contributed by atoms with Crippen molar-refractivity contribution in [3.63, 3.8) is 0 Å². The molecule has 0 aliphatic carbocycles. The standard InChI is InChI=1S/C12H18N2OS/c1-2-7-16-9-11-5-3-10(4-6-11)8-12(15)14-13/h3-6H,2,7-9,13H2,1H3,(H,14,15). The third-order valence-corrected chi connectivity index (χ3v) is 3.40. The van der Waals surface area contributed by atoms with Crippen molar-refractivity contribution in [1.82, 2.24) is 5.43 Å². The SMILES string of the molecule is CCCSCc1ccc(CC(=O)NN)cc1. The van der Waals surface area contributed by atoms with Gasteiger partial charge in [-0.25, -0.2) is 5.84 Å². The Labute approximate surface area is 101 Å². The number of nitrogens with one attached hydrogen (secondary N) is 1. The molecule has 0 saturated carbocycles. The lowest BCUT2D eigenvalue weighted by Gasteiger charge is -2.03. The molecule has 0 aromatic heterocycles. The molecule has 16 heavy (non-hydrogen) atoms. The number of carbonyl (C=O) groups is 1. The highest BCUT2D eigenvalue weighted by molar-refractivity contribution is 7.98. The summed E-state index contributed by atoms with van der Waals surface area (Å²) in [6.45, 7) is 2.18. The lowest BCUT2D eigenvalue weighted by molar-refractivity contribution is -0.120. The summed E-state index contributed by atoms with van der Waals surface area (Å²) in [6, 6.07) is 8.11. The number of benzene rings is 1. The number of carbonyl (C=O) groups excluding carboxylic acids is 1. The zero-order valence-corrected chi connectivity index (χ0v) is 10.3. The Morgan fingerprint density at radius 1 is 1.31 bits per heavy atom. The van der Waals surface area contributed by atoms with E-state index < -0.39 is 0 Å². The molecule has 1 amide bonds. The minimum atomic E-state index is -0.159. The van der Waals surface area contributed by atoms with Crippen molar-refractivity contribution in [3.05, 3.63) is 35.4 Å². The third kappa shape index (κ3) is 4.68. The number of hydrogen-bond acceptors (Lipinski definition) is 3. The molecule has 0 saturated heterocycles. The summed E-state index contributed by atoms with van der Waals surface area (Å²) in [7, 11) is 0. The highest BCUT2D eigenvalue weighted by Crippen LogP contribution is 2.14. The molecule has 0 atom stereocenters. The fourth-order valence-corrected chi connectivity index (χ4v) is 2.19. The first-order valence-corrected chi connectivity index (χ1v) is 6.56. The molecule has 1 aromatic carbocycles. The van der Waals surface area contributed by atoms with E-state index in [1.54, 1.807) is 0 Å². The zero-order chi connectivity index (χ0) is 11.8. The molecule has 0 radical (unpaired) electrons. The largest absolute Gasteiger partial charge is 0.294 e. The maximum Gasteiger partial charge on any atom is 0.238 e. The number of nitrogens with two attached hydrogens (primary N) is 1. The smallest absolute Gasteiger partial charge is 0.238 e. The second-order valence-electron chi connectivity index (χ2n) is 3.61. The Morgan fingerprint density at radius 2 is 1.94 bits per heavy atom. The molecular weight excluding hydrogens is 220 g/mol. The van der Waals surface area contributed by atoms with Crippen molar-refractivity contribution >= 4 is 17.7 Å². The molecule has 3 nitrogen and oxygen atoms in total. The van der Waals surface area contributed by atoms with E-state index in [-0.39, 0.29) is 5.91 Å². The van der Waals surface area contributed by atoms with Crippen LogP contribution in [0, 0.1) is 0 Å². The minimum Gasteiger partial charge on any atom is -0.294 e. The van der Waals surface area contributed by atoms with Crippen LogP contribution in [0.2, 0.25) is 0 Å². The average molecular weight is 238 g/mol. The lowest BCUT2D eigenvalue weighted by Crippen LogP contribution is -2.31. The van der Waals surface area contributed by atoms with E-state index in [2.05, 4.69) is 24.5 Å². The molecule has 3 N–H and O–H groups in total. The Hall–Kier alpha value is -1.00. The van der Waals surface area contributed by atoms with E-state index in [0.717, 1.165) is 11.3 Å². The van der Waals surface area contributed by atoms with Gasteiger partial charge in [0.25, 0.3) is 0 Å². The number of thioether (sulfide) groups is 1. The Kier molecular flexibility index (Phi) is 5.96. The van der Waals surface area contributed by atoms with Crippen LogP contribution < -0.4 is 11.3 Å². The molecule has 0 bridgehead atoms. The normalized spacial score (nSPS) is 10.1. The van der Waals surface area contributed by atoms with Gasteiger partial charge in [-0.3, -0.25) is 10.2 Å². The van der Waals surface area contributed by atoms with Gasteiger partial charge in [-0.15, -0.1) is 0 Å². The number of hydrogen-bond donors (Lipinski definition) is 2. The van der Waals surface area contributed by atoms with E-state index in [9.17, 15) is 4.79 Å². The van der Waals surface area contributed by atoms with Crippen LogP contribution in [0.25, 0.3) is 0 Å². The zero-order valence-electron chi connectivity index (χ0n) is 9.53. The summed E-state index contributed by atoms with van der Waals surface area (Å²) < 4.78 is 0. The molecule has 0 aliphatic rings. The van der Waals surface area contributed by atoms with Gasteiger partial charge in [0, 0.05) is 5.75 Å². The Bertz CT molecular complexity index is 324. The molecule has 0 unspecified atom stereocenters. The van der Waals surface area contributed by atoms with Gasteiger partial charge in [0.1, 0.15) is 0 Å². The van der Waals surface area contributed by atoms with Crippen molar-refractivity contribution in [1.29, 1.82) is 0 Å². The molecule has 88 valence electrons. The van der Waals surface area contributed by atoms with Crippen LogP contribution >= 0.6 is 11.8 Å². The van der Waals surface area contributed by atoms with E-state index in [4.69, 9.17) is 5.84 Å². The van der Waals surface area contributed by atoms with Gasteiger partial charge in [-0.1, -0.05) is 31.2 Å². The number of rotatable bonds is 6. The average Bonchev–Trinajstić information content (AvgIpc) is 2.31. The van der Waals surface area contributed by atoms with Gasteiger partial charge in [0.15, 0.2) is 0 Å². The molecular formula is C12H18N2OS. The highest BCUT2D eigenvalue weighted by atomic mass is 32.2. The van der Waals surface area contributed by atoms with Crippen LogP contribution in [-0.2, 0) is 17.0 Å². The van der Waals surface area contributed by atoms with Crippen LogP contribution in [0.4, 0.5) is 0 Å². The van der Waals surface area contributed by atoms with Crippen molar-refractivity contribution < 1.29 is 4.79 Å². The third-order valence-electron chi connectivity index (χ3n) is 2.17. The van der Waals surface area contributed by atoms with Gasteiger partial charge >= 0.3 is 0 Å². The summed E-state index contributed by atoms with van der Waals surface area (Å²) >= 11 is 1.93. The summed E-state index contributed by atoms with van der Waals surface area (Å²) in [4.78, 5) is 11.0. The first-order valence-electron chi connectivity index (χ1n) is 5.41. The van der Waals surface area contributed by atoms with Gasteiger partial charge in [0.2, 0.25) is 5.91 Å². The van der Waals surface area contributed by atoms with Crippen LogP contribution in [0.15, 0.2) is 24.3 Å². The van der Waals surface area contributed by atoms with Crippen LogP contribution in [0.1, 0.15) is 24.5 Å². The van der Waals surface area contributed by atoms with Crippen LogP contribution in [-0.4, -0.2) is 11.7 Å². The number of hydrazine groups is 1. The molecule has 0 aliphatic heterocycles. The summed E-state index contributed by atoms with van der Waals surface area (Å²) in [5, 5.41) is 0. The van der Waals surface area contributed by atoms with Crippen molar-refractivity contribution in [3.8, 4) is 0 Å². The fourth-order valence-electron chi connectivity index (χ4n) is 1.32. The minimum absolute atomic E-state index is 0.159. The first kappa shape index (κ1) is 13.1. The number of amides is 1. The summed E-state index contributed by atoms with van der Waals surface area (Å²) in [5.41, 5.74) is 4.42. The van der Waals surface area contributed by atoms with Gasteiger partial charge in [-0.05, 0) is 23.3 Å². The predicted molar refractivity (Wildman–Crippen MR) is 68.9 cm³/mol. The van der Waals surface area contributed by atoms with E-state index in [0.29, 0.717) is 6.42 Å². The van der Waals surface area contributed by atoms with Crippen molar-refractivity contribution in [2.45, 2.75) is 25.5 Å². The summed E-state index contributed by atoms with van der Waals surface area (Å²) in [6.07, 6.45) is 1.55. The van der Waals surface area contributed by atoms with Gasteiger partial charge in [-0.2, -0.15) is 11.8 Å². The summed E-state index contributed by atoms with van der Waals surface area (Å²) in [5.74, 6) is 7.10. The monoisotopic (exact) mass is 238 g/mol. The molecule has 0 spiro atoms. The van der Waals surface area contributed by atoms with Gasteiger partial charge in [0.05, 0.1) is 6.42 Å². The van der Waals surface area contributed by atoms with Crippen molar-refractivity contribution in [2.24, 2.45) is 5.84 Å². The maximum atomic E-state index is 11.0. The van der Waals surface area contributed by atoms with E-state index in [1.165, 1.54) is 17.7 Å². The van der Waals surface area contributed by atoms with Gasteiger partial charge < -0.3 is 0 Å². The van der Waals surface area contributed by atoms with Crippen LogP contribution in [0.3, 0.4) is 0 Å². The second-order valence-corrected chi connectivity index (χ2v) is 4.72. The lowest BCUT2D eigenvalue weighted by atomic mass is 10.1. The van der Waals surface area contributed by atoms with E-state index >= 15 is 0 Å². The molecule has 1 rings (SSSR count). The quantitative estimate of drug-likeness (QED) is 0.344.